The minimum atomic E-state index is -0.641. The number of ether oxygens (including phenoxy) is 1. The van der Waals surface area contributed by atoms with Crippen LogP contribution in [0.2, 0.25) is 0 Å². The lowest BCUT2D eigenvalue weighted by molar-refractivity contribution is -0.115. The number of anilines is 1. The zero-order valence-corrected chi connectivity index (χ0v) is 14.1. The molecule has 0 unspecified atom stereocenters. The molecule has 0 fully saturated rings. The van der Waals surface area contributed by atoms with Crippen molar-refractivity contribution in [3.05, 3.63) is 16.0 Å². The third kappa shape index (κ3) is 3.58. The summed E-state index contributed by atoms with van der Waals surface area (Å²) in [6, 6.07) is 0. The zero-order valence-electron chi connectivity index (χ0n) is 12.5. The molecule has 2 rings (SSSR count). The van der Waals surface area contributed by atoms with Crippen LogP contribution < -0.4 is 5.32 Å². The highest BCUT2D eigenvalue weighted by molar-refractivity contribution is 7.17. The van der Waals surface area contributed by atoms with Crippen molar-refractivity contribution in [1.82, 2.24) is 0 Å². The molecule has 2 atom stereocenters. The Morgan fingerprint density at radius 1 is 1.52 bits per heavy atom. The zero-order chi connectivity index (χ0) is 15.6. The highest BCUT2D eigenvalue weighted by atomic mass is 35.5. The Hall–Kier alpha value is -1.07. The van der Waals surface area contributed by atoms with Gasteiger partial charge in [0.25, 0.3) is 0 Å². The molecule has 1 heterocycles. The predicted molar refractivity (Wildman–Crippen MR) is 85.4 cm³/mol. The summed E-state index contributed by atoms with van der Waals surface area (Å²) in [4.78, 5) is 25.2. The first kappa shape index (κ1) is 16.3. The van der Waals surface area contributed by atoms with Gasteiger partial charge >= 0.3 is 5.97 Å². The summed E-state index contributed by atoms with van der Waals surface area (Å²) >= 11 is 7.27. The van der Waals surface area contributed by atoms with Gasteiger partial charge in [-0.15, -0.1) is 22.9 Å². The smallest absolute Gasteiger partial charge is 0.341 e. The van der Waals surface area contributed by atoms with Gasteiger partial charge < -0.3 is 10.1 Å². The molecule has 1 aliphatic carbocycles. The molecule has 1 aliphatic rings. The van der Waals surface area contributed by atoms with E-state index in [9.17, 15) is 9.59 Å². The molecule has 0 radical (unpaired) electrons. The predicted octanol–water partition coefficient (Wildman–Crippen LogP) is 3.62. The Bertz CT molecular complexity index is 553. The average molecular weight is 330 g/mol. The molecule has 0 aromatic carbocycles. The number of thiophene rings is 1. The van der Waals surface area contributed by atoms with E-state index in [0.717, 1.165) is 24.8 Å². The second kappa shape index (κ2) is 6.79. The van der Waals surface area contributed by atoms with Gasteiger partial charge in [0, 0.05) is 4.88 Å². The van der Waals surface area contributed by atoms with Crippen molar-refractivity contribution >= 4 is 39.8 Å². The summed E-state index contributed by atoms with van der Waals surface area (Å²) in [7, 11) is 0. The van der Waals surface area contributed by atoms with Crippen LogP contribution in [0, 0.1) is 5.92 Å². The number of alkyl halides is 1. The van der Waals surface area contributed by atoms with Gasteiger partial charge in [-0.25, -0.2) is 4.79 Å². The summed E-state index contributed by atoms with van der Waals surface area (Å²) in [5, 5.41) is 2.70. The molecule has 0 spiro atoms. The van der Waals surface area contributed by atoms with E-state index in [1.165, 1.54) is 16.2 Å². The minimum Gasteiger partial charge on any atom is -0.462 e. The molecule has 1 N–H and O–H groups in total. The maximum absolute atomic E-state index is 12.2. The lowest BCUT2D eigenvalue weighted by atomic mass is 9.88. The van der Waals surface area contributed by atoms with Crippen molar-refractivity contribution in [1.29, 1.82) is 0 Å². The monoisotopic (exact) mass is 329 g/mol. The standard InChI is InChI=1S/C15H20ClNO3S/c1-4-20-15(19)12-10-6-5-8(2)7-11(10)21-14(12)17-13(18)9(3)16/h8-9H,4-7H2,1-3H3,(H,17,18)/t8-,9-/m0/s1. The Labute approximate surface area is 133 Å². The van der Waals surface area contributed by atoms with Crippen molar-refractivity contribution in [2.24, 2.45) is 5.92 Å². The van der Waals surface area contributed by atoms with Crippen LogP contribution in [-0.4, -0.2) is 23.9 Å². The molecule has 1 aromatic rings. The Kier molecular flexibility index (Phi) is 5.27. The maximum Gasteiger partial charge on any atom is 0.341 e. The molecule has 6 heteroatoms. The fourth-order valence-corrected chi connectivity index (χ4v) is 3.93. The molecule has 116 valence electrons. The Morgan fingerprint density at radius 2 is 2.24 bits per heavy atom. The fourth-order valence-electron chi connectivity index (χ4n) is 2.47. The van der Waals surface area contributed by atoms with E-state index in [2.05, 4.69) is 12.2 Å². The van der Waals surface area contributed by atoms with Crippen LogP contribution in [0.5, 0.6) is 0 Å². The van der Waals surface area contributed by atoms with Gasteiger partial charge in [0.2, 0.25) is 5.91 Å². The summed E-state index contributed by atoms with van der Waals surface area (Å²) in [5.74, 6) is -0.0577. The number of esters is 1. The molecule has 4 nitrogen and oxygen atoms in total. The quantitative estimate of drug-likeness (QED) is 0.678. The Balaban J connectivity index is 2.38. The van der Waals surface area contributed by atoms with E-state index in [1.807, 2.05) is 0 Å². The van der Waals surface area contributed by atoms with Crippen molar-refractivity contribution in [2.45, 2.75) is 45.4 Å². The van der Waals surface area contributed by atoms with Crippen molar-refractivity contribution in [2.75, 3.05) is 11.9 Å². The number of nitrogens with one attached hydrogen (secondary N) is 1. The van der Waals surface area contributed by atoms with Crippen LogP contribution >= 0.6 is 22.9 Å². The lowest BCUT2D eigenvalue weighted by Crippen LogP contribution is -2.21. The van der Waals surface area contributed by atoms with Crippen LogP contribution in [-0.2, 0) is 22.4 Å². The molecular weight excluding hydrogens is 310 g/mol. The van der Waals surface area contributed by atoms with Gasteiger partial charge in [0.05, 0.1) is 12.2 Å². The topological polar surface area (TPSA) is 55.4 Å². The van der Waals surface area contributed by atoms with E-state index < -0.39 is 5.38 Å². The molecule has 0 bridgehead atoms. The van der Waals surface area contributed by atoms with Crippen LogP contribution in [0.1, 0.15) is 48.0 Å². The number of rotatable bonds is 4. The number of halogens is 1. The maximum atomic E-state index is 12.2. The summed E-state index contributed by atoms with van der Waals surface area (Å²) in [5.41, 5.74) is 1.56. The number of amides is 1. The normalized spacial score (nSPS) is 18.8. The minimum absolute atomic E-state index is 0.297. The fraction of sp³-hybridized carbons (Fsp3) is 0.600. The van der Waals surface area contributed by atoms with Crippen LogP contribution in [0.3, 0.4) is 0 Å². The summed E-state index contributed by atoms with van der Waals surface area (Å²) in [6.07, 6.45) is 2.85. The molecule has 0 saturated carbocycles. The van der Waals surface area contributed by atoms with E-state index in [4.69, 9.17) is 16.3 Å². The second-order valence-corrected chi connectivity index (χ2v) is 7.14. The third-order valence-corrected chi connectivity index (χ3v) is 4.96. The van der Waals surface area contributed by atoms with Crippen LogP contribution in [0.15, 0.2) is 0 Å². The van der Waals surface area contributed by atoms with Crippen molar-refractivity contribution < 1.29 is 14.3 Å². The Morgan fingerprint density at radius 3 is 2.86 bits per heavy atom. The van der Waals surface area contributed by atoms with E-state index in [-0.39, 0.29) is 11.9 Å². The highest BCUT2D eigenvalue weighted by Gasteiger charge is 2.29. The van der Waals surface area contributed by atoms with Gasteiger partial charge in [-0.3, -0.25) is 4.79 Å². The first-order valence-electron chi connectivity index (χ1n) is 7.20. The number of carbonyl (C=O) groups excluding carboxylic acids is 2. The summed E-state index contributed by atoms with van der Waals surface area (Å²) in [6.45, 7) is 5.90. The lowest BCUT2D eigenvalue weighted by Gasteiger charge is -2.18. The molecule has 0 aliphatic heterocycles. The van der Waals surface area contributed by atoms with Crippen LogP contribution in [0.25, 0.3) is 0 Å². The van der Waals surface area contributed by atoms with E-state index in [0.29, 0.717) is 23.1 Å². The van der Waals surface area contributed by atoms with E-state index >= 15 is 0 Å². The average Bonchev–Trinajstić information content (AvgIpc) is 2.75. The summed E-state index contributed by atoms with van der Waals surface area (Å²) < 4.78 is 5.15. The number of hydrogen-bond donors (Lipinski definition) is 1. The van der Waals surface area contributed by atoms with E-state index in [1.54, 1.807) is 13.8 Å². The number of hydrogen-bond acceptors (Lipinski definition) is 4. The van der Waals surface area contributed by atoms with Crippen molar-refractivity contribution in [3.63, 3.8) is 0 Å². The van der Waals surface area contributed by atoms with Gasteiger partial charge in [0.15, 0.2) is 0 Å². The molecule has 1 amide bonds. The largest absolute Gasteiger partial charge is 0.462 e. The van der Waals surface area contributed by atoms with Crippen LogP contribution in [0.4, 0.5) is 5.00 Å². The molecule has 0 saturated heterocycles. The molecule has 1 aromatic heterocycles. The van der Waals surface area contributed by atoms with Gasteiger partial charge in [-0.05, 0) is 44.6 Å². The number of fused-ring (bicyclic) bond motifs is 1. The van der Waals surface area contributed by atoms with Gasteiger partial charge in [0.1, 0.15) is 10.4 Å². The van der Waals surface area contributed by atoms with Gasteiger partial charge in [-0.2, -0.15) is 0 Å². The number of carbonyl (C=O) groups is 2. The SMILES string of the molecule is CCOC(=O)c1c(NC(=O)[C@H](C)Cl)sc2c1CC[C@H](C)C2. The molecule has 21 heavy (non-hydrogen) atoms. The first-order valence-corrected chi connectivity index (χ1v) is 8.45. The van der Waals surface area contributed by atoms with Gasteiger partial charge in [-0.1, -0.05) is 6.92 Å². The third-order valence-electron chi connectivity index (χ3n) is 3.59. The molecular formula is C15H20ClNO3S. The van der Waals surface area contributed by atoms with Crippen molar-refractivity contribution in [3.8, 4) is 0 Å². The second-order valence-electron chi connectivity index (χ2n) is 5.38. The first-order chi connectivity index (χ1) is 9.93. The highest BCUT2D eigenvalue weighted by Crippen LogP contribution is 2.40.